The second-order valence-corrected chi connectivity index (χ2v) is 9.33. The molecule has 0 saturated heterocycles. The summed E-state index contributed by atoms with van der Waals surface area (Å²) in [5.41, 5.74) is 8.42. The first-order valence-electron chi connectivity index (χ1n) is 13.0. The molecule has 1 amide bonds. The van der Waals surface area contributed by atoms with Crippen LogP contribution in [0.4, 0.5) is 5.82 Å². The van der Waals surface area contributed by atoms with E-state index >= 15 is 0 Å². The maximum absolute atomic E-state index is 14.2. The largest absolute Gasteiger partial charge is 0.481 e. The summed E-state index contributed by atoms with van der Waals surface area (Å²) >= 11 is 0. The highest BCUT2D eigenvalue weighted by Gasteiger charge is 2.24. The summed E-state index contributed by atoms with van der Waals surface area (Å²) in [4.78, 5) is 40.9. The third-order valence-electron chi connectivity index (χ3n) is 6.61. The summed E-state index contributed by atoms with van der Waals surface area (Å²) < 4.78 is 8.04. The lowest BCUT2D eigenvalue weighted by Gasteiger charge is -2.20. The molecule has 0 aliphatic carbocycles. The van der Waals surface area contributed by atoms with E-state index in [9.17, 15) is 9.59 Å². The Labute approximate surface area is 239 Å². The molecule has 1 atom stereocenters. The first kappa shape index (κ1) is 26.2. The predicted octanol–water partition coefficient (Wildman–Crippen LogP) is 3.31. The van der Waals surface area contributed by atoms with Gasteiger partial charge in [-0.1, -0.05) is 36.1 Å². The van der Waals surface area contributed by atoms with Gasteiger partial charge in [0.25, 0.3) is 11.5 Å². The van der Waals surface area contributed by atoms with Gasteiger partial charge in [-0.15, -0.1) is 5.10 Å². The number of hydrogen-bond donors (Lipinski definition) is 2. The van der Waals surface area contributed by atoms with Gasteiger partial charge in [0.2, 0.25) is 5.88 Å². The van der Waals surface area contributed by atoms with E-state index < -0.39 is 11.9 Å². The van der Waals surface area contributed by atoms with Crippen molar-refractivity contribution in [2.24, 2.45) is 0 Å². The minimum Gasteiger partial charge on any atom is -0.481 e. The fourth-order valence-corrected chi connectivity index (χ4v) is 4.64. The molecular weight excluding hydrogens is 532 g/mol. The molecule has 0 aliphatic rings. The zero-order chi connectivity index (χ0) is 29.2. The molecule has 0 spiro atoms. The summed E-state index contributed by atoms with van der Waals surface area (Å²) in [6.45, 7) is 1.75. The number of amides is 1. The van der Waals surface area contributed by atoms with Crippen molar-refractivity contribution < 1.29 is 9.53 Å². The molecule has 3 N–H and O–H groups in total. The second-order valence-electron chi connectivity index (χ2n) is 9.33. The van der Waals surface area contributed by atoms with Crippen LogP contribution in [0, 0.1) is 11.8 Å². The molecule has 6 rings (SSSR count). The van der Waals surface area contributed by atoms with Crippen LogP contribution in [0.5, 0.6) is 5.88 Å². The number of rotatable bonds is 5. The molecule has 0 radical (unpaired) electrons. The number of carbonyl (C=O) groups is 1. The zero-order valence-electron chi connectivity index (χ0n) is 22.6. The highest BCUT2D eigenvalue weighted by molar-refractivity contribution is 6.04. The van der Waals surface area contributed by atoms with Gasteiger partial charge in [-0.05, 0) is 43.3 Å². The van der Waals surface area contributed by atoms with Crippen LogP contribution in [0.15, 0.2) is 90.1 Å². The Morgan fingerprint density at radius 3 is 2.62 bits per heavy atom. The molecule has 206 valence electrons. The Bertz CT molecular complexity index is 2070. The maximum atomic E-state index is 14.2. The average Bonchev–Trinajstić information content (AvgIpc) is 3.36. The van der Waals surface area contributed by atoms with Crippen LogP contribution < -0.4 is 21.3 Å². The number of pyridine rings is 1. The Morgan fingerprint density at radius 2 is 1.86 bits per heavy atom. The van der Waals surface area contributed by atoms with Gasteiger partial charge in [-0.2, -0.15) is 0 Å². The van der Waals surface area contributed by atoms with E-state index in [1.165, 1.54) is 9.08 Å². The molecule has 0 aliphatic heterocycles. The van der Waals surface area contributed by atoms with Crippen molar-refractivity contribution in [3.8, 4) is 23.4 Å². The number of anilines is 1. The summed E-state index contributed by atoms with van der Waals surface area (Å²) in [7, 11) is 1.54. The second kappa shape index (κ2) is 10.9. The summed E-state index contributed by atoms with van der Waals surface area (Å²) in [5, 5.41) is 7.45. The highest BCUT2D eigenvalue weighted by atomic mass is 16.5. The van der Waals surface area contributed by atoms with Crippen molar-refractivity contribution in [2.45, 2.75) is 13.0 Å². The minimum atomic E-state index is -0.701. The molecule has 6 aromatic rings. The standard InChI is InChI=1S/C31H24N8O3/c1-19(35-30(40)26-27(32)37-38-17-7-16-33-29(26)38)28-36-23-11-6-8-21(14-12-20-13-15-24(42-2)34-18-20)25(23)31(41)39(28)22-9-4-3-5-10-22/h3-11,13,15-19H,1-2H3,(H2,32,37)(H,35,40)/t19-/m1/s1. The van der Waals surface area contributed by atoms with Crippen molar-refractivity contribution >= 4 is 28.3 Å². The number of fused-ring (bicyclic) bond motifs is 2. The monoisotopic (exact) mass is 556 g/mol. The molecule has 4 aromatic heterocycles. The van der Waals surface area contributed by atoms with Crippen LogP contribution in [-0.4, -0.2) is 42.2 Å². The van der Waals surface area contributed by atoms with E-state index in [-0.39, 0.29) is 16.9 Å². The molecule has 0 unspecified atom stereocenters. The first-order valence-corrected chi connectivity index (χ1v) is 13.0. The molecule has 4 heterocycles. The molecule has 0 bridgehead atoms. The van der Waals surface area contributed by atoms with Gasteiger partial charge in [-0.25, -0.2) is 19.5 Å². The summed E-state index contributed by atoms with van der Waals surface area (Å²) in [5.74, 6) is 6.53. The number of aromatic nitrogens is 6. The van der Waals surface area contributed by atoms with Gasteiger partial charge in [0.1, 0.15) is 11.4 Å². The van der Waals surface area contributed by atoms with Crippen molar-refractivity contribution in [2.75, 3.05) is 12.8 Å². The fraction of sp³-hybridized carbons (Fsp3) is 0.0968. The van der Waals surface area contributed by atoms with E-state index in [4.69, 9.17) is 15.5 Å². The van der Waals surface area contributed by atoms with E-state index in [1.807, 2.05) is 18.2 Å². The van der Waals surface area contributed by atoms with Gasteiger partial charge in [-0.3, -0.25) is 14.2 Å². The van der Waals surface area contributed by atoms with E-state index in [1.54, 1.807) is 81.2 Å². The minimum absolute atomic E-state index is 0.0422. The lowest BCUT2D eigenvalue weighted by molar-refractivity contribution is 0.0940. The molecule has 11 heteroatoms. The number of nitrogen functional groups attached to an aromatic ring is 1. The van der Waals surface area contributed by atoms with Crippen LogP contribution >= 0.6 is 0 Å². The van der Waals surface area contributed by atoms with Gasteiger partial charge >= 0.3 is 0 Å². The average molecular weight is 557 g/mol. The van der Waals surface area contributed by atoms with Crippen LogP contribution in [0.1, 0.15) is 40.3 Å². The van der Waals surface area contributed by atoms with Crippen molar-refractivity contribution in [1.82, 2.24) is 34.4 Å². The van der Waals surface area contributed by atoms with Crippen molar-refractivity contribution in [3.63, 3.8) is 0 Å². The summed E-state index contributed by atoms with van der Waals surface area (Å²) in [6, 6.07) is 18.9. The van der Waals surface area contributed by atoms with Gasteiger partial charge < -0.3 is 15.8 Å². The molecular formula is C31H24N8O3. The van der Waals surface area contributed by atoms with Crippen LogP contribution in [0.25, 0.3) is 22.2 Å². The molecule has 0 fully saturated rings. The Balaban J connectivity index is 1.46. The third kappa shape index (κ3) is 4.77. The first-order chi connectivity index (χ1) is 20.4. The van der Waals surface area contributed by atoms with Crippen molar-refractivity contribution in [1.29, 1.82) is 0 Å². The van der Waals surface area contributed by atoms with Gasteiger partial charge in [0, 0.05) is 35.8 Å². The maximum Gasteiger partial charge on any atom is 0.267 e. The molecule has 11 nitrogen and oxygen atoms in total. The summed E-state index contributed by atoms with van der Waals surface area (Å²) in [6.07, 6.45) is 4.81. The smallest absolute Gasteiger partial charge is 0.267 e. The lowest BCUT2D eigenvalue weighted by atomic mass is 10.1. The fourth-order valence-electron chi connectivity index (χ4n) is 4.64. The Hall–Kier alpha value is -6.02. The van der Waals surface area contributed by atoms with Crippen molar-refractivity contribution in [3.05, 3.63) is 118 Å². The van der Waals surface area contributed by atoms with E-state index in [0.717, 1.165) is 0 Å². The molecule has 0 saturated carbocycles. The SMILES string of the molecule is COc1ccc(C#Cc2cccc3nc([C@@H](C)NC(=O)c4c(N)nn5cccnc45)n(-c4ccccc4)c(=O)c23)cn1. The number of methoxy groups -OCH3 is 1. The lowest BCUT2D eigenvalue weighted by Crippen LogP contribution is -2.33. The van der Waals surface area contributed by atoms with Gasteiger partial charge in [0.15, 0.2) is 11.5 Å². The zero-order valence-corrected chi connectivity index (χ0v) is 22.6. The highest BCUT2D eigenvalue weighted by Crippen LogP contribution is 2.22. The number of carbonyl (C=O) groups excluding carboxylic acids is 1. The van der Waals surface area contributed by atoms with Gasteiger partial charge in [0.05, 0.1) is 29.7 Å². The topological polar surface area (TPSA) is 142 Å². The quantitative estimate of drug-likeness (QED) is 0.308. The molecule has 2 aromatic carbocycles. The number of ether oxygens (including phenoxy) is 1. The number of nitrogens with two attached hydrogens (primary N) is 1. The third-order valence-corrected chi connectivity index (χ3v) is 6.61. The van der Waals surface area contributed by atoms with Crippen LogP contribution in [0.3, 0.4) is 0 Å². The number of nitrogens with one attached hydrogen (secondary N) is 1. The van der Waals surface area contributed by atoms with E-state index in [0.29, 0.717) is 45.1 Å². The van der Waals surface area contributed by atoms with Crippen LogP contribution in [0.2, 0.25) is 0 Å². The Kier molecular flexibility index (Phi) is 6.78. The number of nitrogens with zero attached hydrogens (tertiary/aromatic N) is 6. The number of hydrogen-bond acceptors (Lipinski definition) is 8. The van der Waals surface area contributed by atoms with Crippen LogP contribution in [-0.2, 0) is 0 Å². The number of benzene rings is 2. The molecule has 42 heavy (non-hydrogen) atoms. The predicted molar refractivity (Wildman–Crippen MR) is 157 cm³/mol. The normalized spacial score (nSPS) is 11.6. The number of para-hydroxylation sites is 1. The van der Waals surface area contributed by atoms with E-state index in [2.05, 4.69) is 32.2 Å². The Morgan fingerprint density at radius 1 is 1.02 bits per heavy atom.